The zero-order valence-electron chi connectivity index (χ0n) is 35.8. The molecular weight excluding hydrogens is 966 g/mol. The molecule has 2 saturated heterocycles. The summed E-state index contributed by atoms with van der Waals surface area (Å²) in [4.78, 5) is 50.9. The highest BCUT2D eigenvalue weighted by atomic mass is 35.7. The van der Waals surface area contributed by atoms with Gasteiger partial charge >= 0.3 is 17.9 Å². The van der Waals surface area contributed by atoms with Crippen molar-refractivity contribution in [3.05, 3.63) is 73.6 Å². The molecule has 3 aromatic rings. The summed E-state index contributed by atoms with van der Waals surface area (Å²) in [7, 11) is -6.50. The summed E-state index contributed by atoms with van der Waals surface area (Å²) in [5.74, 6) is -1.82. The van der Waals surface area contributed by atoms with E-state index in [2.05, 4.69) is 41.4 Å². The number of carboxylic acids is 3. The Labute approximate surface area is 388 Å². The van der Waals surface area contributed by atoms with E-state index in [4.69, 9.17) is 36.0 Å². The maximum absolute atomic E-state index is 12.4. The molecule has 63 heavy (non-hydrogen) atoms. The standard InChI is InChI=1S/C11H14N2O4S2.C7H12O2S.C5H4ClNO2S.C5H5NO3S.C5H11NO2S.C3H8.CH2O/c1-11(2)9(10(14)15)13(7-18-11)19(16,17)8-4-3-5-12-6-8;1-7(2)5(6(8)9)3-4-10-7;6-10(8,9)5-2-1-3-7-4-5;7-10(8,9)5-2-1-3-6-4-5;1-5(2,9)3(6)4(7)8;1-3-2;1-2/h3-6,9H,7H2,1-2H3,(H,14,15);5H,3-4H2,1-2H3,(H,8,9);1-4H;1-4H,(H,7,8,9);3,9H,6H2,1-2H3,(H,7,8);3H2,1-2H3;1H2/t9-;5-;;;3-;;/m11..1../s1. The molecule has 0 bridgehead atoms. The van der Waals surface area contributed by atoms with Crippen molar-refractivity contribution in [1.29, 1.82) is 0 Å². The second kappa shape index (κ2) is 27.8. The van der Waals surface area contributed by atoms with Crippen LogP contribution < -0.4 is 5.73 Å². The van der Waals surface area contributed by atoms with Gasteiger partial charge in [0.25, 0.3) is 19.2 Å². The molecule has 5 heterocycles. The lowest BCUT2D eigenvalue weighted by atomic mass is 9.93. The first kappa shape index (κ1) is 61.7. The number of carbonyl (C=O) groups excluding carboxylic acids is 1. The fourth-order valence-corrected chi connectivity index (χ4v) is 10.3. The molecule has 356 valence electrons. The van der Waals surface area contributed by atoms with Gasteiger partial charge < -0.3 is 25.8 Å². The number of thiol groups is 1. The number of thioether (sulfide) groups is 2. The highest BCUT2D eigenvalue weighted by molar-refractivity contribution is 8.13. The van der Waals surface area contributed by atoms with Crippen LogP contribution in [0.25, 0.3) is 0 Å². The molecule has 0 spiro atoms. The number of halogens is 1. The number of hydrogen-bond donors (Lipinski definition) is 6. The van der Waals surface area contributed by atoms with Crippen LogP contribution in [0.3, 0.4) is 0 Å². The summed E-state index contributed by atoms with van der Waals surface area (Å²) in [6.07, 6.45) is 9.95. The van der Waals surface area contributed by atoms with Crippen molar-refractivity contribution < 1.29 is 64.3 Å². The Hall–Kier alpha value is -3.40. The number of aromatic nitrogens is 3. The predicted octanol–water partition coefficient (Wildman–Crippen LogP) is 5.29. The lowest BCUT2D eigenvalue weighted by molar-refractivity contribution is -0.143. The lowest BCUT2D eigenvalue weighted by Crippen LogP contribution is -2.48. The van der Waals surface area contributed by atoms with Crippen LogP contribution in [0.4, 0.5) is 0 Å². The highest BCUT2D eigenvalue weighted by Crippen LogP contribution is 2.43. The number of carbonyl (C=O) groups is 4. The fourth-order valence-electron chi connectivity index (χ4n) is 4.60. The summed E-state index contributed by atoms with van der Waals surface area (Å²) >= 11 is 7.05. The Kier molecular flexibility index (Phi) is 27.2. The van der Waals surface area contributed by atoms with E-state index in [1.807, 2.05) is 20.6 Å². The molecular formula is C37H56ClN5O14S6. The quantitative estimate of drug-likeness (QED) is 0.0949. The van der Waals surface area contributed by atoms with E-state index in [0.717, 1.165) is 22.7 Å². The summed E-state index contributed by atoms with van der Waals surface area (Å²) in [5.41, 5.74) is 5.22. The molecule has 19 nitrogen and oxygen atoms in total. The van der Waals surface area contributed by atoms with E-state index >= 15 is 0 Å². The number of aliphatic carboxylic acids is 3. The molecule has 0 unspecified atom stereocenters. The van der Waals surface area contributed by atoms with Crippen molar-refractivity contribution in [2.75, 3.05) is 11.6 Å². The Morgan fingerprint density at radius 1 is 0.841 bits per heavy atom. The number of sulfonamides is 1. The minimum Gasteiger partial charge on any atom is -0.481 e. The summed E-state index contributed by atoms with van der Waals surface area (Å²) in [6.45, 7) is 17.0. The number of hydrogen-bond acceptors (Lipinski definition) is 17. The summed E-state index contributed by atoms with van der Waals surface area (Å²) in [6, 6.07) is 6.54. The number of nitrogens with two attached hydrogens (primary N) is 1. The van der Waals surface area contributed by atoms with Crippen LogP contribution in [0.15, 0.2) is 88.3 Å². The first-order chi connectivity index (χ1) is 28.8. The normalized spacial score (nSPS) is 18.0. The molecule has 3 atom stereocenters. The second-order valence-electron chi connectivity index (χ2n) is 14.3. The second-order valence-corrected chi connectivity index (χ2v) is 24.7. The number of nitrogens with zero attached hydrogens (tertiary/aromatic N) is 4. The average Bonchev–Trinajstić information content (AvgIpc) is 3.74. The SMILES string of the molecule is C=O.CC(C)(S)[C@H](N)C(=O)O.CC1(C)SCC[C@@H]1C(=O)O.CC1(C)SCN(S(=O)(=O)c2cccnc2)[C@@H]1C(=O)O.CCC.O=S(=O)(Cl)c1cccnc1.O=S(=O)(O)c1cccnc1. The van der Waals surface area contributed by atoms with Gasteiger partial charge in [0, 0.05) is 62.1 Å². The first-order valence-electron chi connectivity index (χ1n) is 18.2. The highest BCUT2D eigenvalue weighted by Gasteiger charge is 2.51. The minimum absolute atomic E-state index is 0.0135. The molecule has 0 saturated carbocycles. The van der Waals surface area contributed by atoms with Crippen LogP contribution in [0, 0.1) is 5.92 Å². The predicted molar refractivity (Wildman–Crippen MR) is 247 cm³/mol. The molecule has 2 aliphatic rings. The van der Waals surface area contributed by atoms with Gasteiger partial charge in [-0.3, -0.25) is 33.9 Å². The van der Waals surface area contributed by atoms with Crippen molar-refractivity contribution in [1.82, 2.24) is 19.3 Å². The van der Waals surface area contributed by atoms with Gasteiger partial charge in [-0.2, -0.15) is 37.1 Å². The Morgan fingerprint density at radius 3 is 1.48 bits per heavy atom. The summed E-state index contributed by atoms with van der Waals surface area (Å²) in [5, 5.41) is 26.4. The Balaban J connectivity index is 0. The number of carboxylic acid groups (broad SMARTS) is 3. The molecule has 5 rings (SSSR count). The van der Waals surface area contributed by atoms with Crippen molar-refractivity contribution >= 4 is 101 Å². The number of pyridine rings is 3. The summed E-state index contributed by atoms with van der Waals surface area (Å²) < 4.78 is 74.8. The van der Waals surface area contributed by atoms with Gasteiger partial charge in [-0.1, -0.05) is 20.3 Å². The van der Waals surface area contributed by atoms with Gasteiger partial charge in [0.2, 0.25) is 10.0 Å². The third kappa shape index (κ3) is 22.4. The topological polar surface area (TPSA) is 320 Å². The van der Waals surface area contributed by atoms with Gasteiger partial charge in [-0.15, -0.1) is 11.8 Å². The molecule has 6 N–H and O–H groups in total. The van der Waals surface area contributed by atoms with E-state index in [-0.39, 0.29) is 31.2 Å². The van der Waals surface area contributed by atoms with Crippen molar-refractivity contribution in [3.8, 4) is 0 Å². The maximum atomic E-state index is 12.4. The van der Waals surface area contributed by atoms with Crippen LogP contribution in [0.1, 0.15) is 68.2 Å². The fraction of sp³-hybridized carbons (Fsp3) is 0.486. The third-order valence-corrected chi connectivity index (χ3v) is 15.1. The molecule has 0 amide bonds. The van der Waals surface area contributed by atoms with Gasteiger partial charge in [0.05, 0.1) is 11.8 Å². The minimum atomic E-state index is -4.07. The van der Waals surface area contributed by atoms with Gasteiger partial charge in [-0.25, -0.2) is 16.8 Å². The van der Waals surface area contributed by atoms with Crippen molar-refractivity contribution in [2.45, 2.75) is 109 Å². The van der Waals surface area contributed by atoms with Crippen LogP contribution in [-0.4, -0.2) is 127 Å². The van der Waals surface area contributed by atoms with Gasteiger partial charge in [-0.05, 0) is 90.1 Å². The third-order valence-electron chi connectivity index (χ3n) is 7.88. The van der Waals surface area contributed by atoms with Crippen molar-refractivity contribution in [3.63, 3.8) is 0 Å². The zero-order chi connectivity index (χ0) is 49.6. The van der Waals surface area contributed by atoms with Gasteiger partial charge in [0.1, 0.15) is 33.6 Å². The molecule has 3 aromatic heterocycles. The van der Waals surface area contributed by atoms with E-state index < -0.39 is 68.7 Å². The van der Waals surface area contributed by atoms with Crippen molar-refractivity contribution in [2.24, 2.45) is 11.7 Å². The van der Waals surface area contributed by atoms with E-state index in [0.29, 0.717) is 0 Å². The average molecular weight is 1020 g/mol. The monoisotopic (exact) mass is 1020 g/mol. The van der Waals surface area contributed by atoms with Crippen LogP contribution in [-0.2, 0) is 48.4 Å². The van der Waals surface area contributed by atoms with Crippen LogP contribution >= 0.6 is 46.8 Å². The van der Waals surface area contributed by atoms with E-state index in [9.17, 15) is 44.7 Å². The van der Waals surface area contributed by atoms with Crippen LogP contribution in [0.5, 0.6) is 0 Å². The molecule has 2 aliphatic heterocycles. The van der Waals surface area contributed by atoms with Gasteiger partial charge in [0.15, 0.2) is 0 Å². The molecule has 26 heteroatoms. The maximum Gasteiger partial charge on any atom is 0.323 e. The molecule has 0 radical (unpaired) electrons. The largest absolute Gasteiger partial charge is 0.481 e. The Morgan fingerprint density at radius 2 is 1.25 bits per heavy atom. The molecule has 0 aliphatic carbocycles. The first-order valence-corrected chi connectivity index (χ1v) is 25.8. The zero-order valence-corrected chi connectivity index (χ0v) is 41.5. The molecule has 0 aromatic carbocycles. The smallest absolute Gasteiger partial charge is 0.323 e. The van der Waals surface area contributed by atoms with Crippen LogP contribution in [0.2, 0.25) is 0 Å². The molecule has 2 fully saturated rings. The van der Waals surface area contributed by atoms with E-state index in [1.54, 1.807) is 39.5 Å². The Bertz CT molecular complexity index is 2120. The lowest BCUT2D eigenvalue weighted by Gasteiger charge is -2.27. The van der Waals surface area contributed by atoms with E-state index in [1.165, 1.54) is 85.6 Å². The number of rotatable bonds is 8.